The van der Waals surface area contributed by atoms with Crippen molar-refractivity contribution < 1.29 is 9.53 Å². The molecule has 1 aliphatic rings. The molecule has 4 nitrogen and oxygen atoms in total. The minimum Gasteiger partial charge on any atom is -0.469 e. The standard InChI is InChI=1S/C14H22N2O2/c1-3-15-14(11-4-5-11)12-6-8-16(10-12)9-7-13(17)18-2/h6,8,10-11,14-15H,3-5,7,9H2,1-2H3. The summed E-state index contributed by atoms with van der Waals surface area (Å²) in [7, 11) is 1.43. The van der Waals surface area contributed by atoms with Gasteiger partial charge in [0, 0.05) is 25.0 Å². The molecule has 1 aliphatic carbocycles. The maximum absolute atomic E-state index is 11.1. The zero-order valence-electron chi connectivity index (χ0n) is 11.2. The summed E-state index contributed by atoms with van der Waals surface area (Å²) in [4.78, 5) is 11.1. The van der Waals surface area contributed by atoms with Gasteiger partial charge in [-0.15, -0.1) is 0 Å². The van der Waals surface area contributed by atoms with Crippen LogP contribution in [0, 0.1) is 5.92 Å². The number of esters is 1. The Morgan fingerprint density at radius 1 is 1.61 bits per heavy atom. The second-order valence-electron chi connectivity index (χ2n) is 4.88. The SMILES string of the molecule is CCNC(c1ccn(CCC(=O)OC)c1)C1CC1. The Hall–Kier alpha value is -1.29. The van der Waals surface area contributed by atoms with Gasteiger partial charge in [-0.25, -0.2) is 0 Å². The number of nitrogens with zero attached hydrogens (tertiary/aromatic N) is 1. The molecule has 0 amide bonds. The van der Waals surface area contributed by atoms with Crippen molar-refractivity contribution in [1.82, 2.24) is 9.88 Å². The van der Waals surface area contributed by atoms with Crippen molar-refractivity contribution >= 4 is 5.97 Å². The Morgan fingerprint density at radius 3 is 3.00 bits per heavy atom. The number of hydrogen-bond donors (Lipinski definition) is 1. The highest BCUT2D eigenvalue weighted by Crippen LogP contribution is 2.40. The summed E-state index contributed by atoms with van der Waals surface area (Å²) in [6.45, 7) is 3.83. The number of nitrogens with one attached hydrogen (secondary N) is 1. The Bertz CT molecular complexity index is 396. The zero-order chi connectivity index (χ0) is 13.0. The van der Waals surface area contributed by atoms with Crippen LogP contribution in [0.1, 0.15) is 37.8 Å². The van der Waals surface area contributed by atoms with Crippen LogP contribution in [-0.4, -0.2) is 24.2 Å². The first-order valence-corrected chi connectivity index (χ1v) is 6.70. The Kier molecular flexibility index (Phi) is 4.42. The summed E-state index contributed by atoms with van der Waals surface area (Å²) in [6, 6.07) is 2.64. The van der Waals surface area contributed by atoms with E-state index in [2.05, 4.69) is 33.8 Å². The molecule has 18 heavy (non-hydrogen) atoms. The lowest BCUT2D eigenvalue weighted by Gasteiger charge is -2.15. The van der Waals surface area contributed by atoms with Gasteiger partial charge in [0.25, 0.3) is 0 Å². The first kappa shape index (κ1) is 13.1. The molecule has 0 radical (unpaired) electrons. The van der Waals surface area contributed by atoms with Gasteiger partial charge in [-0.3, -0.25) is 4.79 Å². The van der Waals surface area contributed by atoms with E-state index in [9.17, 15) is 4.79 Å². The summed E-state index contributed by atoms with van der Waals surface area (Å²) < 4.78 is 6.72. The Balaban J connectivity index is 1.93. The van der Waals surface area contributed by atoms with Crippen LogP contribution in [0.3, 0.4) is 0 Å². The number of carbonyl (C=O) groups excluding carboxylic acids is 1. The summed E-state index contributed by atoms with van der Waals surface area (Å²) in [5, 5.41) is 3.55. The van der Waals surface area contributed by atoms with Crippen molar-refractivity contribution in [2.45, 2.75) is 38.8 Å². The monoisotopic (exact) mass is 250 g/mol. The van der Waals surface area contributed by atoms with E-state index in [1.165, 1.54) is 25.5 Å². The molecule has 0 aromatic carbocycles. The maximum Gasteiger partial charge on any atom is 0.307 e. The third kappa shape index (κ3) is 3.35. The van der Waals surface area contributed by atoms with Gasteiger partial charge in [0.05, 0.1) is 13.5 Å². The van der Waals surface area contributed by atoms with Crippen molar-refractivity contribution in [1.29, 1.82) is 0 Å². The topological polar surface area (TPSA) is 43.3 Å². The van der Waals surface area contributed by atoms with E-state index in [0.717, 1.165) is 12.5 Å². The molecule has 1 heterocycles. The number of rotatable bonds is 7. The fraction of sp³-hybridized carbons (Fsp3) is 0.643. The number of aromatic nitrogens is 1. The Labute approximate surface area is 108 Å². The quantitative estimate of drug-likeness (QED) is 0.754. The molecule has 100 valence electrons. The van der Waals surface area contributed by atoms with E-state index in [0.29, 0.717) is 19.0 Å². The van der Waals surface area contributed by atoms with Gasteiger partial charge in [0.2, 0.25) is 0 Å². The van der Waals surface area contributed by atoms with Gasteiger partial charge in [-0.1, -0.05) is 6.92 Å². The van der Waals surface area contributed by atoms with Crippen molar-refractivity contribution in [2.75, 3.05) is 13.7 Å². The van der Waals surface area contributed by atoms with Crippen LogP contribution in [0.2, 0.25) is 0 Å². The van der Waals surface area contributed by atoms with E-state index < -0.39 is 0 Å². The Morgan fingerprint density at radius 2 is 2.39 bits per heavy atom. The molecule has 1 unspecified atom stereocenters. The number of methoxy groups -OCH3 is 1. The third-order valence-corrected chi connectivity index (χ3v) is 3.45. The lowest BCUT2D eigenvalue weighted by Crippen LogP contribution is -2.22. The molecular weight excluding hydrogens is 228 g/mol. The molecule has 0 spiro atoms. The van der Waals surface area contributed by atoms with Crippen LogP contribution >= 0.6 is 0 Å². The minimum absolute atomic E-state index is 0.157. The van der Waals surface area contributed by atoms with Gasteiger partial charge in [-0.2, -0.15) is 0 Å². The lowest BCUT2D eigenvalue weighted by atomic mass is 10.1. The van der Waals surface area contributed by atoms with Crippen molar-refractivity contribution in [2.24, 2.45) is 5.92 Å². The second-order valence-corrected chi connectivity index (χ2v) is 4.88. The molecule has 1 atom stereocenters. The number of aryl methyl sites for hydroxylation is 1. The minimum atomic E-state index is -0.157. The van der Waals surface area contributed by atoms with Gasteiger partial charge >= 0.3 is 5.97 Å². The summed E-state index contributed by atoms with van der Waals surface area (Å²) in [6.07, 6.45) is 7.27. The number of ether oxygens (including phenoxy) is 1. The molecule has 0 saturated heterocycles. The molecule has 4 heteroatoms. The largest absolute Gasteiger partial charge is 0.469 e. The van der Waals surface area contributed by atoms with Crippen LogP contribution in [0.25, 0.3) is 0 Å². The summed E-state index contributed by atoms with van der Waals surface area (Å²) in [5.41, 5.74) is 1.34. The van der Waals surface area contributed by atoms with Crippen LogP contribution in [0.15, 0.2) is 18.5 Å². The zero-order valence-corrected chi connectivity index (χ0v) is 11.2. The molecule has 1 N–H and O–H groups in total. The molecule has 1 saturated carbocycles. The van der Waals surface area contributed by atoms with E-state index in [-0.39, 0.29) is 5.97 Å². The first-order chi connectivity index (χ1) is 8.74. The molecule has 0 aliphatic heterocycles. The number of carbonyl (C=O) groups is 1. The van der Waals surface area contributed by atoms with Gasteiger partial charge < -0.3 is 14.6 Å². The highest BCUT2D eigenvalue weighted by Gasteiger charge is 2.31. The second kappa shape index (κ2) is 6.05. The normalized spacial score (nSPS) is 16.6. The average molecular weight is 250 g/mol. The molecular formula is C14H22N2O2. The van der Waals surface area contributed by atoms with E-state index >= 15 is 0 Å². The highest BCUT2D eigenvalue weighted by molar-refractivity contribution is 5.68. The first-order valence-electron chi connectivity index (χ1n) is 6.70. The molecule has 0 bridgehead atoms. The smallest absolute Gasteiger partial charge is 0.307 e. The molecule has 1 aromatic heterocycles. The van der Waals surface area contributed by atoms with E-state index in [1.807, 2.05) is 6.20 Å². The molecule has 2 rings (SSSR count). The third-order valence-electron chi connectivity index (χ3n) is 3.45. The van der Waals surface area contributed by atoms with Gasteiger partial charge in [-0.05, 0) is 36.9 Å². The summed E-state index contributed by atoms with van der Waals surface area (Å²) >= 11 is 0. The van der Waals surface area contributed by atoms with E-state index in [1.54, 1.807) is 0 Å². The van der Waals surface area contributed by atoms with Crippen molar-refractivity contribution in [3.63, 3.8) is 0 Å². The van der Waals surface area contributed by atoms with Crippen molar-refractivity contribution in [3.05, 3.63) is 24.0 Å². The predicted octanol–water partition coefficient (Wildman–Crippen LogP) is 2.11. The summed E-state index contributed by atoms with van der Waals surface area (Å²) in [5.74, 6) is 0.636. The van der Waals surface area contributed by atoms with Crippen LogP contribution in [0.5, 0.6) is 0 Å². The average Bonchev–Trinajstić information content (AvgIpc) is 3.11. The lowest BCUT2D eigenvalue weighted by molar-refractivity contribution is -0.140. The maximum atomic E-state index is 11.1. The van der Waals surface area contributed by atoms with Crippen LogP contribution in [0.4, 0.5) is 0 Å². The predicted molar refractivity (Wildman–Crippen MR) is 70.2 cm³/mol. The van der Waals surface area contributed by atoms with Gasteiger partial charge in [0.1, 0.15) is 0 Å². The fourth-order valence-electron chi connectivity index (χ4n) is 2.31. The molecule has 1 aromatic rings. The van der Waals surface area contributed by atoms with Gasteiger partial charge in [0.15, 0.2) is 0 Å². The van der Waals surface area contributed by atoms with Crippen molar-refractivity contribution in [3.8, 4) is 0 Å². The van der Waals surface area contributed by atoms with Crippen LogP contribution < -0.4 is 5.32 Å². The van der Waals surface area contributed by atoms with E-state index in [4.69, 9.17) is 0 Å². The van der Waals surface area contributed by atoms with Crippen LogP contribution in [-0.2, 0) is 16.1 Å². The highest BCUT2D eigenvalue weighted by atomic mass is 16.5. The molecule has 1 fully saturated rings. The fourth-order valence-corrected chi connectivity index (χ4v) is 2.31. The number of hydrogen-bond acceptors (Lipinski definition) is 3.